The Kier molecular flexibility index (Phi) is 4.33. The van der Waals surface area contributed by atoms with E-state index in [2.05, 4.69) is 41.4 Å². The van der Waals surface area contributed by atoms with Crippen LogP contribution < -0.4 is 5.32 Å². The van der Waals surface area contributed by atoms with Crippen LogP contribution in [0.2, 0.25) is 0 Å². The molecule has 0 aliphatic carbocycles. The van der Waals surface area contributed by atoms with Gasteiger partial charge < -0.3 is 10.1 Å². The van der Waals surface area contributed by atoms with Gasteiger partial charge in [-0.05, 0) is 12.5 Å². The van der Waals surface area contributed by atoms with Crippen molar-refractivity contribution in [2.45, 2.75) is 26.1 Å². The molecule has 0 saturated carbocycles. The van der Waals surface area contributed by atoms with Crippen LogP contribution >= 0.6 is 0 Å². The zero-order valence-electron chi connectivity index (χ0n) is 10.9. The lowest BCUT2D eigenvalue weighted by atomic mass is 10.1. The Morgan fingerprint density at radius 3 is 2.83 bits per heavy atom. The first-order chi connectivity index (χ1) is 8.66. The molecule has 1 aromatic carbocycles. The highest BCUT2D eigenvalue weighted by atomic mass is 16.5. The van der Waals surface area contributed by atoms with E-state index in [9.17, 15) is 4.79 Å². The number of morpholine rings is 1. The lowest BCUT2D eigenvalue weighted by Gasteiger charge is -2.37. The third-order valence-electron chi connectivity index (χ3n) is 3.29. The summed E-state index contributed by atoms with van der Waals surface area (Å²) in [7, 11) is 0. The smallest absolute Gasteiger partial charge is 0.218 e. The number of ether oxygens (including phenoxy) is 1. The van der Waals surface area contributed by atoms with E-state index in [1.807, 2.05) is 6.07 Å². The standard InChI is InChI=1S/C14H20N2O2/c1-11(13-6-4-3-5-7-13)16-8-9-18-14(10-16)15-12(2)17/h3-7,11,14H,8-10H2,1-2H3,(H,15,17). The SMILES string of the molecule is CC(=O)NC1CN(C(C)c2ccccc2)CCO1. The van der Waals surface area contributed by atoms with Gasteiger partial charge in [0.05, 0.1) is 6.61 Å². The van der Waals surface area contributed by atoms with Crippen molar-refractivity contribution in [3.05, 3.63) is 35.9 Å². The van der Waals surface area contributed by atoms with Crippen LogP contribution in [0.3, 0.4) is 0 Å². The number of amides is 1. The lowest BCUT2D eigenvalue weighted by molar-refractivity contribution is -0.127. The Morgan fingerprint density at radius 2 is 2.17 bits per heavy atom. The molecule has 2 atom stereocenters. The molecule has 0 aromatic heterocycles. The first-order valence-corrected chi connectivity index (χ1v) is 6.34. The Morgan fingerprint density at radius 1 is 1.44 bits per heavy atom. The molecule has 1 N–H and O–H groups in total. The van der Waals surface area contributed by atoms with E-state index >= 15 is 0 Å². The first kappa shape index (κ1) is 13.1. The van der Waals surface area contributed by atoms with E-state index in [0.717, 1.165) is 13.1 Å². The largest absolute Gasteiger partial charge is 0.356 e. The molecule has 0 spiro atoms. The topological polar surface area (TPSA) is 41.6 Å². The summed E-state index contributed by atoms with van der Waals surface area (Å²) in [6.45, 7) is 5.98. The third kappa shape index (κ3) is 3.31. The van der Waals surface area contributed by atoms with Gasteiger partial charge in [-0.25, -0.2) is 0 Å². The summed E-state index contributed by atoms with van der Waals surface area (Å²) in [5, 5.41) is 2.82. The fraction of sp³-hybridized carbons (Fsp3) is 0.500. The van der Waals surface area contributed by atoms with Gasteiger partial charge in [0.1, 0.15) is 6.23 Å². The normalized spacial score (nSPS) is 22.4. The molecule has 1 amide bonds. The number of hydrogen-bond acceptors (Lipinski definition) is 3. The zero-order chi connectivity index (χ0) is 13.0. The molecule has 2 unspecified atom stereocenters. The van der Waals surface area contributed by atoms with Crippen molar-refractivity contribution in [3.63, 3.8) is 0 Å². The highest BCUT2D eigenvalue weighted by Gasteiger charge is 2.25. The van der Waals surface area contributed by atoms with E-state index < -0.39 is 0 Å². The monoisotopic (exact) mass is 248 g/mol. The second-order valence-corrected chi connectivity index (χ2v) is 4.64. The van der Waals surface area contributed by atoms with Crippen molar-refractivity contribution in [1.82, 2.24) is 10.2 Å². The van der Waals surface area contributed by atoms with Gasteiger partial charge >= 0.3 is 0 Å². The van der Waals surface area contributed by atoms with Crippen LogP contribution in [0.1, 0.15) is 25.5 Å². The fourth-order valence-corrected chi connectivity index (χ4v) is 2.28. The average Bonchev–Trinajstić information content (AvgIpc) is 2.38. The predicted molar refractivity (Wildman–Crippen MR) is 70.0 cm³/mol. The van der Waals surface area contributed by atoms with Crippen molar-refractivity contribution in [2.24, 2.45) is 0 Å². The number of rotatable bonds is 3. The molecule has 1 aliphatic rings. The van der Waals surface area contributed by atoms with Gasteiger partial charge in [0, 0.05) is 26.1 Å². The maximum atomic E-state index is 11.0. The second kappa shape index (κ2) is 5.98. The minimum absolute atomic E-state index is 0.0470. The molecule has 1 aliphatic heterocycles. The number of carbonyl (C=O) groups excluding carboxylic acids is 1. The van der Waals surface area contributed by atoms with Crippen LogP contribution in [0.4, 0.5) is 0 Å². The van der Waals surface area contributed by atoms with Crippen LogP contribution in [0, 0.1) is 0 Å². The highest BCUT2D eigenvalue weighted by Crippen LogP contribution is 2.21. The molecule has 98 valence electrons. The number of benzene rings is 1. The van der Waals surface area contributed by atoms with Crippen LogP contribution in [0.25, 0.3) is 0 Å². The second-order valence-electron chi connectivity index (χ2n) is 4.64. The van der Waals surface area contributed by atoms with Gasteiger partial charge in [0.15, 0.2) is 0 Å². The first-order valence-electron chi connectivity index (χ1n) is 6.34. The van der Waals surface area contributed by atoms with Crippen molar-refractivity contribution < 1.29 is 9.53 Å². The molecule has 1 saturated heterocycles. The number of carbonyl (C=O) groups is 1. The molecule has 4 nitrogen and oxygen atoms in total. The fourth-order valence-electron chi connectivity index (χ4n) is 2.28. The Labute approximate surface area is 108 Å². The Bertz CT molecular complexity index is 394. The Balaban J connectivity index is 1.98. The van der Waals surface area contributed by atoms with E-state index in [1.165, 1.54) is 12.5 Å². The van der Waals surface area contributed by atoms with Crippen LogP contribution in [-0.4, -0.2) is 36.7 Å². The van der Waals surface area contributed by atoms with Gasteiger partial charge in [0.25, 0.3) is 0 Å². The van der Waals surface area contributed by atoms with E-state index in [-0.39, 0.29) is 12.1 Å². The summed E-state index contributed by atoms with van der Waals surface area (Å²) in [6.07, 6.45) is -0.192. The molecule has 2 rings (SSSR count). The van der Waals surface area contributed by atoms with E-state index in [0.29, 0.717) is 12.6 Å². The van der Waals surface area contributed by atoms with E-state index in [4.69, 9.17) is 4.74 Å². The number of nitrogens with zero attached hydrogens (tertiary/aromatic N) is 1. The highest BCUT2D eigenvalue weighted by molar-refractivity contribution is 5.73. The van der Waals surface area contributed by atoms with Gasteiger partial charge in [-0.3, -0.25) is 9.69 Å². The lowest BCUT2D eigenvalue weighted by Crippen LogP contribution is -2.50. The molecule has 0 radical (unpaired) electrons. The van der Waals surface area contributed by atoms with Crippen molar-refractivity contribution in [2.75, 3.05) is 19.7 Å². The van der Waals surface area contributed by atoms with Crippen molar-refractivity contribution in [1.29, 1.82) is 0 Å². The summed E-state index contributed by atoms with van der Waals surface area (Å²) in [5.41, 5.74) is 1.29. The quantitative estimate of drug-likeness (QED) is 0.882. The maximum absolute atomic E-state index is 11.0. The summed E-state index contributed by atoms with van der Waals surface area (Å²) >= 11 is 0. The number of hydrogen-bond donors (Lipinski definition) is 1. The Hall–Kier alpha value is -1.39. The minimum Gasteiger partial charge on any atom is -0.356 e. The van der Waals surface area contributed by atoms with Crippen LogP contribution in [0.15, 0.2) is 30.3 Å². The van der Waals surface area contributed by atoms with Gasteiger partial charge in [0.2, 0.25) is 5.91 Å². The zero-order valence-corrected chi connectivity index (χ0v) is 10.9. The molecule has 18 heavy (non-hydrogen) atoms. The maximum Gasteiger partial charge on any atom is 0.218 e. The van der Waals surface area contributed by atoms with E-state index in [1.54, 1.807) is 0 Å². The van der Waals surface area contributed by atoms with Gasteiger partial charge in [-0.2, -0.15) is 0 Å². The molecule has 1 heterocycles. The molecular formula is C14H20N2O2. The molecule has 4 heteroatoms. The average molecular weight is 248 g/mol. The summed E-state index contributed by atoms with van der Waals surface area (Å²) in [6, 6.07) is 10.7. The van der Waals surface area contributed by atoms with Crippen LogP contribution in [0.5, 0.6) is 0 Å². The summed E-state index contributed by atoms with van der Waals surface area (Å²) < 4.78 is 5.53. The summed E-state index contributed by atoms with van der Waals surface area (Å²) in [5.74, 6) is -0.0470. The molecule has 1 aromatic rings. The third-order valence-corrected chi connectivity index (χ3v) is 3.29. The summed E-state index contributed by atoms with van der Waals surface area (Å²) in [4.78, 5) is 13.4. The van der Waals surface area contributed by atoms with Gasteiger partial charge in [-0.1, -0.05) is 30.3 Å². The number of nitrogens with one attached hydrogen (secondary N) is 1. The van der Waals surface area contributed by atoms with Crippen molar-refractivity contribution >= 4 is 5.91 Å². The van der Waals surface area contributed by atoms with Crippen LogP contribution in [-0.2, 0) is 9.53 Å². The molecule has 0 bridgehead atoms. The minimum atomic E-state index is -0.192. The molecular weight excluding hydrogens is 228 g/mol. The van der Waals surface area contributed by atoms with Crippen molar-refractivity contribution in [3.8, 4) is 0 Å². The predicted octanol–water partition coefficient (Wildman–Crippen LogP) is 1.54. The van der Waals surface area contributed by atoms with Gasteiger partial charge in [-0.15, -0.1) is 0 Å². The molecule has 1 fully saturated rings.